The van der Waals surface area contributed by atoms with E-state index in [0.717, 1.165) is 19.4 Å². The summed E-state index contributed by atoms with van der Waals surface area (Å²) in [5.41, 5.74) is 0.317. The number of nitrogens with zero attached hydrogens (tertiary/aromatic N) is 1. The molecule has 0 N–H and O–H groups in total. The van der Waals surface area contributed by atoms with Crippen molar-refractivity contribution in [3.63, 3.8) is 0 Å². The summed E-state index contributed by atoms with van der Waals surface area (Å²) in [6.07, 6.45) is 0.971. The van der Waals surface area contributed by atoms with E-state index in [1.807, 2.05) is 0 Å². The van der Waals surface area contributed by atoms with Crippen molar-refractivity contribution in [1.82, 2.24) is 0 Å². The molecule has 1 rings (SSSR count). The molecular weight excluding hydrogens is 338 g/mol. The van der Waals surface area contributed by atoms with Crippen LogP contribution in [0.5, 0.6) is 0 Å². The molecule has 0 fully saturated rings. The van der Waals surface area contributed by atoms with Crippen LogP contribution in [0, 0.1) is 10.1 Å². The van der Waals surface area contributed by atoms with Crippen molar-refractivity contribution in [2.75, 3.05) is 20.0 Å². The van der Waals surface area contributed by atoms with E-state index in [0.29, 0.717) is 5.56 Å². The molecule has 0 saturated heterocycles. The summed E-state index contributed by atoms with van der Waals surface area (Å²) in [5.74, 6) is -0.556. The third-order valence-corrected chi connectivity index (χ3v) is 4.42. The van der Waals surface area contributed by atoms with Crippen LogP contribution in [0.1, 0.15) is 11.1 Å². The average molecular weight is 353 g/mol. The highest BCUT2D eigenvalue weighted by Crippen LogP contribution is 2.21. The highest BCUT2D eigenvalue weighted by Gasteiger charge is 2.17. The lowest BCUT2D eigenvalue weighted by Gasteiger charge is -2.09. The summed E-state index contributed by atoms with van der Waals surface area (Å²) in [7, 11) is -6.51. The first-order chi connectivity index (χ1) is 10.0. The summed E-state index contributed by atoms with van der Waals surface area (Å²) < 4.78 is 53.7. The van der Waals surface area contributed by atoms with Crippen LogP contribution in [0.4, 0.5) is 5.69 Å². The van der Waals surface area contributed by atoms with E-state index < -0.39 is 30.9 Å². The van der Waals surface area contributed by atoms with Gasteiger partial charge in [0.2, 0.25) is 0 Å². The number of benzene rings is 1. The van der Waals surface area contributed by atoms with Crippen molar-refractivity contribution >= 4 is 25.9 Å². The smallest absolute Gasteiger partial charge is 0.271 e. The maximum atomic E-state index is 11.5. The van der Waals surface area contributed by atoms with Gasteiger partial charge in [-0.2, -0.15) is 16.8 Å². The van der Waals surface area contributed by atoms with Gasteiger partial charge in [0.25, 0.3) is 25.9 Å². The van der Waals surface area contributed by atoms with Gasteiger partial charge in [0.15, 0.2) is 0 Å². The Kier molecular flexibility index (Phi) is 6.00. The molecule has 0 aliphatic rings. The molecule has 9 nitrogen and oxygen atoms in total. The lowest BCUT2D eigenvalue weighted by Crippen LogP contribution is -2.11. The summed E-state index contributed by atoms with van der Waals surface area (Å²) >= 11 is 0. The van der Waals surface area contributed by atoms with Crippen molar-refractivity contribution in [2.45, 2.75) is 12.2 Å². The summed E-state index contributed by atoms with van der Waals surface area (Å²) in [6, 6.07) is 3.69. The predicted octanol–water partition coefficient (Wildman–Crippen LogP) is 0.590. The van der Waals surface area contributed by atoms with Gasteiger partial charge in [0.1, 0.15) is 5.75 Å². The highest BCUT2D eigenvalue weighted by atomic mass is 32.2. The minimum absolute atomic E-state index is 0.0830. The number of hydrogen-bond acceptors (Lipinski definition) is 8. The molecule has 1 aromatic carbocycles. The molecule has 0 heterocycles. The first kappa shape index (κ1) is 18.5. The van der Waals surface area contributed by atoms with Crippen molar-refractivity contribution in [2.24, 2.45) is 0 Å². The van der Waals surface area contributed by atoms with Gasteiger partial charge in [-0.15, -0.1) is 0 Å². The lowest BCUT2D eigenvalue weighted by molar-refractivity contribution is -0.384. The van der Waals surface area contributed by atoms with Gasteiger partial charge in [-0.3, -0.25) is 18.5 Å². The first-order valence-corrected chi connectivity index (χ1v) is 9.32. The van der Waals surface area contributed by atoms with Gasteiger partial charge in [-0.1, -0.05) is 6.07 Å². The molecule has 11 heteroatoms. The Balaban J connectivity index is 3.07. The van der Waals surface area contributed by atoms with Gasteiger partial charge in [0.05, 0.1) is 24.9 Å². The number of non-ortho nitro benzene ring substituents is 1. The van der Waals surface area contributed by atoms with E-state index in [2.05, 4.69) is 8.37 Å². The van der Waals surface area contributed by atoms with Gasteiger partial charge in [0, 0.05) is 12.1 Å². The first-order valence-electron chi connectivity index (χ1n) is 5.93. The minimum Gasteiger partial charge on any atom is -0.273 e. The van der Waals surface area contributed by atoms with E-state index in [1.165, 1.54) is 12.1 Å². The van der Waals surface area contributed by atoms with E-state index in [-0.39, 0.29) is 24.3 Å². The zero-order valence-corrected chi connectivity index (χ0v) is 13.5. The third kappa shape index (κ3) is 6.05. The molecular formula is C11H15NO8S2. The second-order valence-corrected chi connectivity index (χ2v) is 7.74. The molecule has 0 aliphatic carbocycles. The summed E-state index contributed by atoms with van der Waals surface area (Å²) in [4.78, 5) is 10.1. The van der Waals surface area contributed by atoms with Crippen LogP contribution in [-0.4, -0.2) is 41.7 Å². The van der Waals surface area contributed by atoms with Gasteiger partial charge in [-0.25, -0.2) is 0 Å². The maximum absolute atomic E-state index is 11.5. The van der Waals surface area contributed by atoms with Crippen molar-refractivity contribution < 1.29 is 30.1 Å². The van der Waals surface area contributed by atoms with Gasteiger partial charge in [-0.05, 0) is 17.5 Å². The maximum Gasteiger partial charge on any atom is 0.271 e. The van der Waals surface area contributed by atoms with E-state index in [1.54, 1.807) is 0 Å². The predicted molar refractivity (Wildman–Crippen MR) is 77.2 cm³/mol. The number of hydrogen-bond donors (Lipinski definition) is 0. The highest BCUT2D eigenvalue weighted by molar-refractivity contribution is 7.86. The normalized spacial score (nSPS) is 12.3. The van der Waals surface area contributed by atoms with Crippen LogP contribution in [0.15, 0.2) is 18.2 Å². The standard InChI is InChI=1S/C11H15NO8S2/c1-19-22(17,18)8-10-7-11(12(13)14)4-3-9(10)5-6-20-21(2,15)16/h3-4,7H,5-6,8H2,1-2H3. The fourth-order valence-corrected chi connectivity index (χ4v) is 2.81. The molecule has 22 heavy (non-hydrogen) atoms. The van der Waals surface area contributed by atoms with Crippen LogP contribution < -0.4 is 0 Å². The SMILES string of the molecule is COS(=O)(=O)Cc1cc([N+](=O)[O-])ccc1CCOS(C)(=O)=O. The third-order valence-electron chi connectivity index (χ3n) is 2.66. The Morgan fingerprint density at radius 1 is 1.18 bits per heavy atom. The molecule has 0 atom stereocenters. The Hall–Kier alpha value is -1.56. The van der Waals surface area contributed by atoms with Gasteiger partial charge >= 0.3 is 0 Å². The van der Waals surface area contributed by atoms with Crippen molar-refractivity contribution in [1.29, 1.82) is 0 Å². The fraction of sp³-hybridized carbons (Fsp3) is 0.455. The Bertz CT molecular complexity index is 754. The van der Waals surface area contributed by atoms with E-state index in [9.17, 15) is 26.9 Å². The Morgan fingerprint density at radius 2 is 1.82 bits per heavy atom. The molecule has 124 valence electrons. The van der Waals surface area contributed by atoms with Crippen molar-refractivity contribution in [3.05, 3.63) is 39.4 Å². The zero-order valence-electron chi connectivity index (χ0n) is 11.9. The van der Waals surface area contributed by atoms with Crippen LogP contribution in [0.3, 0.4) is 0 Å². The summed E-state index contributed by atoms with van der Waals surface area (Å²) in [6.45, 7) is -0.198. The molecule has 0 bridgehead atoms. The second-order valence-electron chi connectivity index (χ2n) is 4.35. The molecule has 0 spiro atoms. The molecule has 0 aromatic heterocycles. The zero-order chi connectivity index (χ0) is 17.0. The number of nitro groups is 1. The van der Waals surface area contributed by atoms with Gasteiger partial charge < -0.3 is 0 Å². The quantitative estimate of drug-likeness (QED) is 0.377. The van der Waals surface area contributed by atoms with E-state index >= 15 is 0 Å². The van der Waals surface area contributed by atoms with E-state index in [4.69, 9.17) is 0 Å². The molecule has 0 radical (unpaired) electrons. The lowest BCUT2D eigenvalue weighted by atomic mass is 10.1. The Morgan fingerprint density at radius 3 is 2.32 bits per heavy atom. The Labute approximate surface area is 128 Å². The number of rotatable bonds is 8. The molecule has 1 aromatic rings. The molecule has 0 aliphatic heterocycles. The average Bonchev–Trinajstić information content (AvgIpc) is 2.38. The fourth-order valence-electron chi connectivity index (χ4n) is 1.66. The van der Waals surface area contributed by atoms with Crippen LogP contribution in [0.2, 0.25) is 0 Å². The molecule has 0 saturated carbocycles. The van der Waals surface area contributed by atoms with Crippen molar-refractivity contribution in [3.8, 4) is 0 Å². The molecule has 0 amide bonds. The van der Waals surface area contributed by atoms with Crippen LogP contribution in [-0.2, 0) is 40.8 Å². The van der Waals surface area contributed by atoms with Crippen LogP contribution in [0.25, 0.3) is 0 Å². The largest absolute Gasteiger partial charge is 0.273 e. The minimum atomic E-state index is -3.87. The number of nitro benzene ring substituents is 1. The second kappa shape index (κ2) is 7.13. The molecule has 0 unspecified atom stereocenters. The van der Waals surface area contributed by atoms with Crippen LogP contribution >= 0.6 is 0 Å². The monoisotopic (exact) mass is 353 g/mol. The topological polar surface area (TPSA) is 130 Å². The summed E-state index contributed by atoms with van der Waals surface area (Å²) in [5, 5.41) is 10.8.